The predicted molar refractivity (Wildman–Crippen MR) is 69.7 cm³/mol. The molecule has 0 spiro atoms. The monoisotopic (exact) mass is 247 g/mol. The van der Waals surface area contributed by atoms with Crippen molar-refractivity contribution in [1.29, 1.82) is 0 Å². The minimum absolute atomic E-state index is 0.134. The molecule has 2 N–H and O–H groups in total. The molecule has 0 aliphatic rings. The second kappa shape index (κ2) is 5.78. The highest BCUT2D eigenvalue weighted by molar-refractivity contribution is 5.18. The van der Waals surface area contributed by atoms with Crippen LogP contribution in [0.2, 0.25) is 0 Å². The SMILES string of the molecule is Cc1[nH]ncc1CNC(C)Cc1ccccc1F. The molecule has 0 radical (unpaired) electrons. The van der Waals surface area contributed by atoms with Gasteiger partial charge in [0.2, 0.25) is 0 Å². The maximum absolute atomic E-state index is 13.5. The summed E-state index contributed by atoms with van der Waals surface area (Å²) in [6.07, 6.45) is 2.50. The van der Waals surface area contributed by atoms with Crippen LogP contribution in [0.4, 0.5) is 4.39 Å². The molecule has 1 aromatic heterocycles. The molecule has 18 heavy (non-hydrogen) atoms. The maximum Gasteiger partial charge on any atom is 0.126 e. The third-order valence-electron chi connectivity index (χ3n) is 3.06. The number of nitrogens with one attached hydrogen (secondary N) is 2. The molecule has 96 valence electrons. The van der Waals surface area contributed by atoms with Crippen molar-refractivity contribution < 1.29 is 4.39 Å². The van der Waals surface area contributed by atoms with Crippen LogP contribution in [0.3, 0.4) is 0 Å². The molecule has 1 aromatic carbocycles. The number of aromatic amines is 1. The summed E-state index contributed by atoms with van der Waals surface area (Å²) in [6.45, 7) is 4.80. The molecular weight excluding hydrogens is 229 g/mol. The van der Waals surface area contributed by atoms with Gasteiger partial charge in [0.25, 0.3) is 0 Å². The lowest BCUT2D eigenvalue weighted by Gasteiger charge is -2.14. The molecule has 0 aliphatic carbocycles. The van der Waals surface area contributed by atoms with E-state index >= 15 is 0 Å². The third kappa shape index (κ3) is 3.17. The van der Waals surface area contributed by atoms with E-state index in [1.54, 1.807) is 6.07 Å². The largest absolute Gasteiger partial charge is 0.310 e. The van der Waals surface area contributed by atoms with Crippen molar-refractivity contribution in [2.24, 2.45) is 0 Å². The van der Waals surface area contributed by atoms with Crippen molar-refractivity contribution in [3.63, 3.8) is 0 Å². The molecule has 0 amide bonds. The van der Waals surface area contributed by atoms with Gasteiger partial charge in [0.15, 0.2) is 0 Å². The molecule has 0 aliphatic heterocycles. The highest BCUT2D eigenvalue weighted by atomic mass is 19.1. The van der Waals surface area contributed by atoms with Crippen LogP contribution in [0.25, 0.3) is 0 Å². The predicted octanol–water partition coefficient (Wildman–Crippen LogP) is 2.58. The van der Waals surface area contributed by atoms with Crippen LogP contribution in [0.5, 0.6) is 0 Å². The topological polar surface area (TPSA) is 40.7 Å². The van der Waals surface area contributed by atoms with Crippen molar-refractivity contribution in [2.45, 2.75) is 32.9 Å². The first kappa shape index (κ1) is 12.8. The third-order valence-corrected chi connectivity index (χ3v) is 3.06. The number of nitrogens with zero attached hydrogens (tertiary/aromatic N) is 1. The number of aryl methyl sites for hydroxylation is 1. The molecule has 4 heteroatoms. The standard InChI is InChI=1S/C14H18FN3/c1-10(7-12-5-3-4-6-14(12)15)16-8-13-9-17-18-11(13)2/h3-6,9-10,16H,7-8H2,1-2H3,(H,17,18). The van der Waals surface area contributed by atoms with Crippen molar-refractivity contribution in [2.75, 3.05) is 0 Å². The number of benzene rings is 1. The van der Waals surface area contributed by atoms with Gasteiger partial charge >= 0.3 is 0 Å². The second-order valence-electron chi connectivity index (χ2n) is 4.60. The van der Waals surface area contributed by atoms with E-state index in [-0.39, 0.29) is 11.9 Å². The van der Waals surface area contributed by atoms with E-state index in [9.17, 15) is 4.39 Å². The Morgan fingerprint density at radius 3 is 2.78 bits per heavy atom. The Labute approximate surface area is 106 Å². The van der Waals surface area contributed by atoms with Crippen molar-refractivity contribution in [3.05, 3.63) is 53.1 Å². The van der Waals surface area contributed by atoms with Crippen LogP contribution in [0, 0.1) is 12.7 Å². The molecule has 1 atom stereocenters. The Bertz CT molecular complexity index is 507. The molecule has 1 unspecified atom stereocenters. The van der Waals surface area contributed by atoms with E-state index in [4.69, 9.17) is 0 Å². The molecule has 0 saturated carbocycles. The Kier molecular flexibility index (Phi) is 4.10. The Morgan fingerprint density at radius 1 is 1.33 bits per heavy atom. The molecular formula is C14H18FN3. The van der Waals surface area contributed by atoms with Gasteiger partial charge in [-0.3, -0.25) is 5.10 Å². The van der Waals surface area contributed by atoms with Gasteiger partial charge in [0.05, 0.1) is 6.20 Å². The van der Waals surface area contributed by atoms with Crippen LogP contribution in [0.1, 0.15) is 23.7 Å². The lowest BCUT2D eigenvalue weighted by atomic mass is 10.1. The van der Waals surface area contributed by atoms with Gasteiger partial charge in [-0.15, -0.1) is 0 Å². The maximum atomic E-state index is 13.5. The first-order valence-electron chi connectivity index (χ1n) is 6.12. The Balaban J connectivity index is 1.88. The van der Waals surface area contributed by atoms with E-state index in [1.165, 1.54) is 6.07 Å². The number of H-pyrrole nitrogens is 1. The van der Waals surface area contributed by atoms with Crippen LogP contribution in [0.15, 0.2) is 30.5 Å². The zero-order valence-electron chi connectivity index (χ0n) is 10.7. The zero-order valence-corrected chi connectivity index (χ0v) is 10.7. The summed E-state index contributed by atoms with van der Waals surface area (Å²) in [7, 11) is 0. The molecule has 3 nitrogen and oxygen atoms in total. The van der Waals surface area contributed by atoms with Crippen molar-refractivity contribution in [1.82, 2.24) is 15.5 Å². The van der Waals surface area contributed by atoms with Gasteiger partial charge in [0.1, 0.15) is 5.82 Å². The van der Waals surface area contributed by atoms with Crippen molar-refractivity contribution in [3.8, 4) is 0 Å². The number of halogens is 1. The fourth-order valence-electron chi connectivity index (χ4n) is 1.90. The quantitative estimate of drug-likeness (QED) is 0.852. The summed E-state index contributed by atoms with van der Waals surface area (Å²) in [6, 6.07) is 7.13. The van der Waals surface area contributed by atoms with E-state index in [2.05, 4.69) is 22.4 Å². The fraction of sp³-hybridized carbons (Fsp3) is 0.357. The minimum atomic E-state index is -0.134. The summed E-state index contributed by atoms with van der Waals surface area (Å²) in [5, 5.41) is 10.2. The normalized spacial score (nSPS) is 12.6. The molecule has 2 rings (SSSR count). The second-order valence-corrected chi connectivity index (χ2v) is 4.60. The first-order valence-corrected chi connectivity index (χ1v) is 6.12. The number of hydrogen-bond acceptors (Lipinski definition) is 2. The Morgan fingerprint density at radius 2 is 2.11 bits per heavy atom. The summed E-state index contributed by atoms with van der Waals surface area (Å²) < 4.78 is 13.5. The Hall–Kier alpha value is -1.68. The fourth-order valence-corrected chi connectivity index (χ4v) is 1.90. The summed E-state index contributed by atoms with van der Waals surface area (Å²) in [5.74, 6) is -0.134. The lowest BCUT2D eigenvalue weighted by molar-refractivity contribution is 0.525. The van der Waals surface area contributed by atoms with E-state index < -0.39 is 0 Å². The average Bonchev–Trinajstić information content (AvgIpc) is 2.75. The van der Waals surface area contributed by atoms with Gasteiger partial charge in [-0.25, -0.2) is 4.39 Å². The summed E-state index contributed by atoms with van der Waals surface area (Å²) in [5.41, 5.74) is 2.97. The van der Waals surface area contributed by atoms with Gasteiger partial charge in [-0.1, -0.05) is 18.2 Å². The number of hydrogen-bond donors (Lipinski definition) is 2. The van der Waals surface area contributed by atoms with Gasteiger partial charge in [0, 0.05) is 23.8 Å². The molecule has 0 fully saturated rings. The highest BCUT2D eigenvalue weighted by Crippen LogP contribution is 2.09. The number of aromatic nitrogens is 2. The van der Waals surface area contributed by atoms with Crippen LogP contribution in [-0.2, 0) is 13.0 Å². The molecule has 0 bridgehead atoms. The van der Waals surface area contributed by atoms with Crippen LogP contribution in [-0.4, -0.2) is 16.2 Å². The van der Waals surface area contributed by atoms with Crippen molar-refractivity contribution >= 4 is 0 Å². The van der Waals surface area contributed by atoms with Crippen LogP contribution < -0.4 is 5.32 Å². The number of rotatable bonds is 5. The van der Waals surface area contributed by atoms with E-state index in [1.807, 2.05) is 25.3 Å². The molecule has 2 aromatic rings. The lowest BCUT2D eigenvalue weighted by Crippen LogP contribution is -2.28. The zero-order chi connectivity index (χ0) is 13.0. The van der Waals surface area contributed by atoms with Gasteiger partial charge in [-0.05, 0) is 31.9 Å². The van der Waals surface area contributed by atoms with Crippen LogP contribution >= 0.6 is 0 Å². The smallest absolute Gasteiger partial charge is 0.126 e. The summed E-state index contributed by atoms with van der Waals surface area (Å²) >= 11 is 0. The molecule has 1 heterocycles. The minimum Gasteiger partial charge on any atom is -0.310 e. The van der Waals surface area contributed by atoms with E-state index in [0.717, 1.165) is 23.4 Å². The van der Waals surface area contributed by atoms with E-state index in [0.29, 0.717) is 6.42 Å². The van der Waals surface area contributed by atoms with Gasteiger partial charge in [-0.2, -0.15) is 5.10 Å². The van der Waals surface area contributed by atoms with Gasteiger partial charge < -0.3 is 5.32 Å². The molecule has 0 saturated heterocycles. The summed E-state index contributed by atoms with van der Waals surface area (Å²) in [4.78, 5) is 0. The first-order chi connectivity index (χ1) is 8.66. The highest BCUT2D eigenvalue weighted by Gasteiger charge is 2.08. The average molecular weight is 247 g/mol.